The van der Waals surface area contributed by atoms with E-state index in [9.17, 15) is 9.59 Å². The molecule has 2 aliphatic heterocycles. The topological polar surface area (TPSA) is 55.9 Å². The van der Waals surface area contributed by atoms with Crippen LogP contribution in [0.15, 0.2) is 0 Å². The molecule has 24 heavy (non-hydrogen) atoms. The molecule has 2 rings (SSSR count). The maximum absolute atomic E-state index is 12.5. The fourth-order valence-corrected chi connectivity index (χ4v) is 4.22. The second kappa shape index (κ2) is 7.83. The molecule has 0 aliphatic carbocycles. The highest BCUT2D eigenvalue weighted by Crippen LogP contribution is 2.28. The highest BCUT2D eigenvalue weighted by molar-refractivity contribution is 6.35. The third kappa shape index (κ3) is 4.28. The van der Waals surface area contributed by atoms with E-state index in [2.05, 4.69) is 49.9 Å². The Bertz CT molecular complexity index is 462. The first kappa shape index (κ1) is 19.2. The van der Waals surface area contributed by atoms with Crippen molar-refractivity contribution >= 4 is 11.8 Å². The van der Waals surface area contributed by atoms with Gasteiger partial charge in [0, 0.05) is 31.7 Å². The molecular formula is C18H34N4O2. The maximum Gasteiger partial charge on any atom is 0.311 e. The van der Waals surface area contributed by atoms with Crippen LogP contribution in [0.3, 0.4) is 0 Å². The van der Waals surface area contributed by atoms with Crippen LogP contribution in [0.4, 0.5) is 0 Å². The number of likely N-dealkylation sites (tertiary alicyclic amines) is 2. The third-order valence-corrected chi connectivity index (χ3v) is 5.70. The number of hydrogen-bond acceptors (Lipinski definition) is 4. The summed E-state index contributed by atoms with van der Waals surface area (Å²) in [5.41, 5.74) is -0.0162. The van der Waals surface area contributed by atoms with Crippen molar-refractivity contribution in [3.63, 3.8) is 0 Å². The van der Waals surface area contributed by atoms with Crippen LogP contribution in [0.2, 0.25) is 0 Å². The number of piperidine rings is 1. The number of hydrogen-bond donors (Lipinski definition) is 1. The predicted octanol–water partition coefficient (Wildman–Crippen LogP) is 0.776. The molecule has 0 aromatic carbocycles. The summed E-state index contributed by atoms with van der Waals surface area (Å²) in [7, 11) is 2.10. The summed E-state index contributed by atoms with van der Waals surface area (Å²) >= 11 is 0. The standard InChI is InChI=1S/C18H34N4O2/c1-6-21(7-2)14-8-11-22(12-14)17(24)16(23)19-15-9-10-20(5)13-18(15,3)4/h14-15H,6-13H2,1-5H3,(H,19,23). The first-order valence-electron chi connectivity index (χ1n) is 9.30. The Morgan fingerprint density at radius 1 is 1.17 bits per heavy atom. The zero-order valence-corrected chi connectivity index (χ0v) is 16.0. The van der Waals surface area contributed by atoms with Crippen molar-refractivity contribution in [3.05, 3.63) is 0 Å². The summed E-state index contributed by atoms with van der Waals surface area (Å²) in [5.74, 6) is -0.794. The number of carbonyl (C=O) groups is 2. The van der Waals surface area contributed by atoms with Crippen LogP contribution in [0.1, 0.15) is 40.5 Å². The normalized spacial score (nSPS) is 27.5. The number of amides is 2. The molecule has 0 aromatic rings. The summed E-state index contributed by atoms with van der Waals surface area (Å²) in [4.78, 5) is 31.3. The molecule has 0 spiro atoms. The van der Waals surface area contributed by atoms with Crippen molar-refractivity contribution in [2.45, 2.75) is 52.6 Å². The Balaban J connectivity index is 1.90. The van der Waals surface area contributed by atoms with Crippen LogP contribution in [0, 0.1) is 5.41 Å². The van der Waals surface area contributed by atoms with E-state index in [1.165, 1.54) is 0 Å². The number of nitrogens with one attached hydrogen (secondary N) is 1. The highest BCUT2D eigenvalue weighted by atomic mass is 16.2. The van der Waals surface area contributed by atoms with Gasteiger partial charge in [0.05, 0.1) is 0 Å². The molecule has 2 amide bonds. The minimum absolute atomic E-state index is 0.0162. The molecule has 2 unspecified atom stereocenters. The summed E-state index contributed by atoms with van der Waals surface area (Å²) in [5, 5.41) is 3.01. The number of nitrogens with zero attached hydrogens (tertiary/aromatic N) is 3. The van der Waals surface area contributed by atoms with Gasteiger partial charge in [-0.15, -0.1) is 0 Å². The van der Waals surface area contributed by atoms with Gasteiger partial charge >= 0.3 is 11.8 Å². The van der Waals surface area contributed by atoms with Crippen LogP contribution in [0.5, 0.6) is 0 Å². The number of rotatable bonds is 4. The van der Waals surface area contributed by atoms with Crippen molar-refractivity contribution < 1.29 is 9.59 Å². The van der Waals surface area contributed by atoms with Crippen molar-refractivity contribution in [3.8, 4) is 0 Å². The molecule has 0 bridgehead atoms. The van der Waals surface area contributed by atoms with Gasteiger partial charge in [-0.1, -0.05) is 27.7 Å². The SMILES string of the molecule is CCN(CC)C1CCN(C(=O)C(=O)NC2CCN(C)CC2(C)C)C1. The van der Waals surface area contributed by atoms with Gasteiger partial charge in [-0.2, -0.15) is 0 Å². The van der Waals surface area contributed by atoms with Crippen molar-refractivity contribution in [2.24, 2.45) is 5.41 Å². The Morgan fingerprint density at radius 2 is 1.83 bits per heavy atom. The Labute approximate surface area is 146 Å². The van der Waals surface area contributed by atoms with Crippen LogP contribution in [-0.2, 0) is 9.59 Å². The van der Waals surface area contributed by atoms with Gasteiger partial charge in [-0.05, 0) is 44.9 Å². The van der Waals surface area contributed by atoms with Gasteiger partial charge in [0.15, 0.2) is 0 Å². The van der Waals surface area contributed by atoms with E-state index in [1.807, 2.05) is 0 Å². The second-order valence-electron chi connectivity index (χ2n) is 7.96. The molecule has 0 radical (unpaired) electrons. The first-order chi connectivity index (χ1) is 11.3. The Hall–Kier alpha value is -1.14. The Kier molecular flexibility index (Phi) is 6.26. The largest absolute Gasteiger partial charge is 0.344 e. The van der Waals surface area contributed by atoms with Gasteiger partial charge in [0.25, 0.3) is 0 Å². The van der Waals surface area contributed by atoms with Crippen molar-refractivity contribution in [2.75, 3.05) is 46.3 Å². The molecule has 2 heterocycles. The van der Waals surface area contributed by atoms with E-state index in [0.29, 0.717) is 19.1 Å². The highest BCUT2D eigenvalue weighted by Gasteiger charge is 2.38. The predicted molar refractivity (Wildman–Crippen MR) is 95.7 cm³/mol. The molecule has 0 saturated carbocycles. The molecule has 138 valence electrons. The average molecular weight is 338 g/mol. The summed E-state index contributed by atoms with van der Waals surface area (Å²) in [6.45, 7) is 13.8. The average Bonchev–Trinajstić information content (AvgIpc) is 2.99. The van der Waals surface area contributed by atoms with Crippen LogP contribution >= 0.6 is 0 Å². The molecule has 2 saturated heterocycles. The number of likely N-dealkylation sites (N-methyl/N-ethyl adjacent to an activating group) is 1. The molecule has 6 nitrogen and oxygen atoms in total. The minimum Gasteiger partial charge on any atom is -0.344 e. The van der Waals surface area contributed by atoms with Gasteiger partial charge < -0.3 is 15.1 Å². The van der Waals surface area contributed by atoms with E-state index >= 15 is 0 Å². The molecule has 0 aromatic heterocycles. The summed E-state index contributed by atoms with van der Waals surface area (Å²) < 4.78 is 0. The first-order valence-corrected chi connectivity index (χ1v) is 9.30. The molecule has 2 aliphatic rings. The van der Waals surface area contributed by atoms with Crippen molar-refractivity contribution in [1.29, 1.82) is 0 Å². The summed E-state index contributed by atoms with van der Waals surface area (Å²) in [6, 6.07) is 0.447. The van der Waals surface area contributed by atoms with Crippen LogP contribution in [0.25, 0.3) is 0 Å². The van der Waals surface area contributed by atoms with Gasteiger partial charge in [0.2, 0.25) is 0 Å². The quantitative estimate of drug-likeness (QED) is 0.770. The zero-order chi connectivity index (χ0) is 17.9. The zero-order valence-electron chi connectivity index (χ0n) is 16.0. The van der Waals surface area contributed by atoms with E-state index in [0.717, 1.165) is 39.0 Å². The van der Waals surface area contributed by atoms with Crippen LogP contribution in [-0.4, -0.2) is 84.9 Å². The second-order valence-corrected chi connectivity index (χ2v) is 7.96. The van der Waals surface area contributed by atoms with E-state index in [1.54, 1.807) is 4.90 Å². The fraction of sp³-hybridized carbons (Fsp3) is 0.889. The lowest BCUT2D eigenvalue weighted by Crippen LogP contribution is -2.57. The Morgan fingerprint density at radius 3 is 2.42 bits per heavy atom. The van der Waals surface area contributed by atoms with Gasteiger partial charge in [-0.3, -0.25) is 14.5 Å². The smallest absolute Gasteiger partial charge is 0.311 e. The van der Waals surface area contributed by atoms with Gasteiger partial charge in [0.1, 0.15) is 0 Å². The lowest BCUT2D eigenvalue weighted by atomic mass is 9.79. The molecule has 2 atom stereocenters. The third-order valence-electron chi connectivity index (χ3n) is 5.70. The van der Waals surface area contributed by atoms with Crippen LogP contribution < -0.4 is 5.32 Å². The maximum atomic E-state index is 12.5. The summed E-state index contributed by atoms with van der Waals surface area (Å²) in [6.07, 6.45) is 1.85. The lowest BCUT2D eigenvalue weighted by molar-refractivity contribution is -0.146. The van der Waals surface area contributed by atoms with E-state index in [-0.39, 0.29) is 17.4 Å². The van der Waals surface area contributed by atoms with Crippen molar-refractivity contribution in [1.82, 2.24) is 20.0 Å². The minimum atomic E-state index is -0.433. The molecular weight excluding hydrogens is 304 g/mol. The fourth-order valence-electron chi connectivity index (χ4n) is 4.22. The monoisotopic (exact) mass is 338 g/mol. The molecule has 6 heteroatoms. The molecule has 1 N–H and O–H groups in total. The molecule has 2 fully saturated rings. The van der Waals surface area contributed by atoms with E-state index < -0.39 is 5.91 Å². The number of carbonyl (C=O) groups excluding carboxylic acids is 2. The van der Waals surface area contributed by atoms with Gasteiger partial charge in [-0.25, -0.2) is 0 Å². The van der Waals surface area contributed by atoms with E-state index in [4.69, 9.17) is 0 Å². The lowest BCUT2D eigenvalue weighted by Gasteiger charge is -2.43.